The molecular weight excluding hydrogens is 721 g/mol. The average Bonchev–Trinajstić information content (AvgIpc) is 2.96. The molecule has 44 heavy (non-hydrogen) atoms. The van der Waals surface area contributed by atoms with Crippen molar-refractivity contribution in [2.75, 3.05) is 0 Å². The van der Waals surface area contributed by atoms with Crippen LogP contribution in [0.4, 0.5) is 0 Å². The smallest absolute Gasteiger partial charge is 0.162 e. The number of aliphatic hydroxyl groups is 1. The Labute approximate surface area is 278 Å². The van der Waals surface area contributed by atoms with E-state index in [1.165, 1.54) is 38.9 Å². The van der Waals surface area contributed by atoms with Gasteiger partial charge in [-0.25, -0.2) is 0 Å². The number of rotatable bonds is 8. The van der Waals surface area contributed by atoms with Gasteiger partial charge in [-0.3, -0.25) is 9.78 Å². The summed E-state index contributed by atoms with van der Waals surface area (Å²) in [5.41, 5.74) is 6.19. The maximum atomic E-state index is 11.7. The molecule has 5 rings (SSSR count). The first kappa shape index (κ1) is 35.6. The number of fused-ring (bicyclic) bond motifs is 4. The molecule has 1 N–H and O–H groups in total. The van der Waals surface area contributed by atoms with E-state index in [9.17, 15) is 9.90 Å². The molecule has 4 aromatic rings. The van der Waals surface area contributed by atoms with E-state index in [0.717, 1.165) is 48.7 Å². The van der Waals surface area contributed by atoms with Crippen LogP contribution in [0.25, 0.3) is 32.8 Å². The van der Waals surface area contributed by atoms with Gasteiger partial charge in [-0.2, -0.15) is 0 Å². The van der Waals surface area contributed by atoms with Gasteiger partial charge in [0.2, 0.25) is 0 Å². The normalized spacial score (nSPS) is 13.8. The summed E-state index contributed by atoms with van der Waals surface area (Å²) >= 11 is 0. The summed E-state index contributed by atoms with van der Waals surface area (Å²) in [6, 6.07) is 14.4. The van der Waals surface area contributed by atoms with Crippen LogP contribution < -0.4 is 0 Å². The minimum atomic E-state index is -0.170. The Morgan fingerprint density at radius 3 is 2.23 bits per heavy atom. The van der Waals surface area contributed by atoms with Crippen molar-refractivity contribution in [2.24, 2.45) is 17.3 Å². The SMILES string of the molecule is CC(C)(C)Cc1ccc2cnc3c(c2c1)C(C)(C)c1cncc2cc[c-]c-3c12.CCC(CC)C(=O)/C=C(\O)C(CC)CC.[Ir]. The Bertz CT molecular complexity index is 1630. The fraction of sp³-hybridized carbons (Fsp3) is 0.462. The number of carbonyl (C=O) groups is 1. The standard InChI is InChI=1S/C26H25N2.C13H24O2.Ir/c1-25(2,3)12-16-9-10-17-14-28-24-19-8-6-7-18-13-27-15-21(22(18)19)26(4,5)23(24)20(17)11-16;1-5-10(6-2)12(14)9-13(15)11(7-3)8-4;/h6-7,9-11,13-15H,12H2,1-5H3;9-11,14H,5-8H2,1-4H3;/q-1;;/b;12-9-;. The van der Waals surface area contributed by atoms with Crippen LogP contribution in [0.2, 0.25) is 0 Å². The van der Waals surface area contributed by atoms with E-state index in [1.807, 2.05) is 52.4 Å². The minimum absolute atomic E-state index is 0. The van der Waals surface area contributed by atoms with Gasteiger partial charge in [-0.05, 0) is 65.1 Å². The molecule has 0 fully saturated rings. The Hall–Kier alpha value is -2.88. The van der Waals surface area contributed by atoms with Crippen molar-refractivity contribution in [1.29, 1.82) is 0 Å². The van der Waals surface area contributed by atoms with Gasteiger partial charge in [0.05, 0.1) is 5.76 Å². The van der Waals surface area contributed by atoms with Crippen LogP contribution >= 0.6 is 0 Å². The second kappa shape index (κ2) is 14.5. The molecule has 4 nitrogen and oxygen atoms in total. The zero-order valence-corrected chi connectivity index (χ0v) is 30.4. The van der Waals surface area contributed by atoms with E-state index < -0.39 is 0 Å². The van der Waals surface area contributed by atoms with Crippen molar-refractivity contribution in [3.63, 3.8) is 0 Å². The number of nitrogens with zero attached hydrogens (tertiary/aromatic N) is 2. The second-order valence-corrected chi connectivity index (χ2v) is 13.8. The van der Waals surface area contributed by atoms with E-state index >= 15 is 0 Å². The fourth-order valence-electron chi connectivity index (χ4n) is 6.55. The number of hydrogen-bond donors (Lipinski definition) is 1. The largest absolute Gasteiger partial charge is 0.512 e. The molecule has 1 aliphatic carbocycles. The molecule has 5 heteroatoms. The quantitative estimate of drug-likeness (QED) is 0.110. The van der Waals surface area contributed by atoms with E-state index in [2.05, 4.69) is 69.9 Å². The zero-order valence-electron chi connectivity index (χ0n) is 28.0. The molecule has 0 saturated heterocycles. The van der Waals surface area contributed by atoms with Gasteiger partial charge in [0.25, 0.3) is 0 Å². The Morgan fingerprint density at radius 1 is 0.955 bits per heavy atom. The molecule has 0 bridgehead atoms. The Morgan fingerprint density at radius 2 is 1.61 bits per heavy atom. The van der Waals surface area contributed by atoms with E-state index in [0.29, 0.717) is 0 Å². The fourth-order valence-corrected chi connectivity index (χ4v) is 6.55. The van der Waals surface area contributed by atoms with Crippen molar-refractivity contribution in [1.82, 2.24) is 9.97 Å². The van der Waals surface area contributed by atoms with Gasteiger partial charge in [0, 0.05) is 62.0 Å². The number of hydrogen-bond acceptors (Lipinski definition) is 4. The summed E-state index contributed by atoms with van der Waals surface area (Å²) in [5.74, 6) is 0.547. The summed E-state index contributed by atoms with van der Waals surface area (Å²) in [6.07, 6.45) is 12.0. The third kappa shape index (κ3) is 7.32. The molecule has 2 aromatic heterocycles. The molecule has 0 amide bonds. The first-order chi connectivity index (χ1) is 20.4. The zero-order chi connectivity index (χ0) is 31.5. The molecule has 0 unspecified atom stereocenters. The number of ketones is 1. The molecule has 0 aliphatic heterocycles. The number of benzene rings is 2. The van der Waals surface area contributed by atoms with Crippen LogP contribution in [0.1, 0.15) is 105 Å². The summed E-state index contributed by atoms with van der Waals surface area (Å²) in [5, 5.41) is 14.7. The molecule has 2 heterocycles. The summed E-state index contributed by atoms with van der Waals surface area (Å²) < 4.78 is 0. The van der Waals surface area contributed by atoms with Gasteiger partial charge < -0.3 is 10.1 Å². The average molecular weight is 770 g/mol. The van der Waals surface area contributed by atoms with Crippen LogP contribution in [0.3, 0.4) is 0 Å². The van der Waals surface area contributed by atoms with Crippen LogP contribution in [-0.2, 0) is 36.7 Å². The summed E-state index contributed by atoms with van der Waals surface area (Å²) in [6.45, 7) is 19.6. The summed E-state index contributed by atoms with van der Waals surface area (Å²) in [7, 11) is 0. The monoisotopic (exact) mass is 770 g/mol. The number of aliphatic hydroxyl groups excluding tert-OH is 1. The first-order valence-electron chi connectivity index (χ1n) is 16.0. The van der Waals surface area contributed by atoms with Gasteiger partial charge in [0.1, 0.15) is 0 Å². The number of aromatic nitrogens is 2. The second-order valence-electron chi connectivity index (χ2n) is 13.8. The van der Waals surface area contributed by atoms with Gasteiger partial charge in [-0.1, -0.05) is 96.8 Å². The number of allylic oxidation sites excluding steroid dienone is 2. The molecule has 1 aliphatic rings. The van der Waals surface area contributed by atoms with Gasteiger partial charge in [-0.15, -0.1) is 23.8 Å². The maximum absolute atomic E-state index is 11.7. The molecular formula is C39H49IrN2O2-. The Balaban J connectivity index is 0.000000286. The minimum Gasteiger partial charge on any atom is -0.512 e. The van der Waals surface area contributed by atoms with Crippen LogP contribution in [0.5, 0.6) is 0 Å². The maximum Gasteiger partial charge on any atom is 0.162 e. The molecule has 2 aromatic carbocycles. The molecule has 0 atom stereocenters. The number of carbonyl (C=O) groups excluding carboxylic acids is 1. The van der Waals surface area contributed by atoms with Crippen molar-refractivity contribution in [2.45, 2.75) is 99.8 Å². The Kier molecular flexibility index (Phi) is 11.7. The topological polar surface area (TPSA) is 63.1 Å². The van der Waals surface area contributed by atoms with Gasteiger partial charge >= 0.3 is 0 Å². The third-order valence-corrected chi connectivity index (χ3v) is 9.02. The first-order valence-corrected chi connectivity index (χ1v) is 16.0. The van der Waals surface area contributed by atoms with E-state index in [4.69, 9.17) is 4.98 Å². The predicted octanol–water partition coefficient (Wildman–Crippen LogP) is 10.3. The van der Waals surface area contributed by atoms with Gasteiger partial charge in [0.15, 0.2) is 5.78 Å². The van der Waals surface area contributed by atoms with Crippen LogP contribution in [-0.4, -0.2) is 20.9 Å². The van der Waals surface area contributed by atoms with Crippen molar-refractivity contribution >= 4 is 27.3 Å². The molecule has 0 saturated carbocycles. The third-order valence-electron chi connectivity index (χ3n) is 9.02. The van der Waals surface area contributed by atoms with Crippen LogP contribution in [0, 0.1) is 23.3 Å². The summed E-state index contributed by atoms with van der Waals surface area (Å²) in [4.78, 5) is 21.2. The van der Waals surface area contributed by atoms with E-state index in [-0.39, 0.29) is 54.3 Å². The number of pyridine rings is 2. The van der Waals surface area contributed by atoms with Crippen molar-refractivity contribution < 1.29 is 30.0 Å². The van der Waals surface area contributed by atoms with Crippen molar-refractivity contribution in [3.8, 4) is 11.3 Å². The van der Waals surface area contributed by atoms with E-state index in [1.54, 1.807) is 0 Å². The predicted molar refractivity (Wildman–Crippen MR) is 180 cm³/mol. The van der Waals surface area contributed by atoms with Crippen molar-refractivity contribution in [3.05, 3.63) is 83.5 Å². The molecule has 1 radical (unpaired) electrons. The van der Waals surface area contributed by atoms with Crippen LogP contribution in [0.15, 0.2) is 60.8 Å². The molecule has 0 spiro atoms. The molecule has 237 valence electrons.